The van der Waals surface area contributed by atoms with Gasteiger partial charge >= 0.3 is 0 Å². The van der Waals surface area contributed by atoms with E-state index >= 15 is 0 Å². The molecule has 1 saturated heterocycles. The zero-order chi connectivity index (χ0) is 18.8. The molecular formula is C21H27N5O. The molecule has 0 unspecified atom stereocenters. The van der Waals surface area contributed by atoms with Crippen molar-refractivity contribution < 1.29 is 4.79 Å². The molecule has 1 atom stereocenters. The van der Waals surface area contributed by atoms with Crippen LogP contribution in [0.1, 0.15) is 55.4 Å². The molecule has 0 aromatic carbocycles. The first kappa shape index (κ1) is 18.0. The van der Waals surface area contributed by atoms with Gasteiger partial charge in [0.25, 0.3) is 0 Å². The fourth-order valence-electron chi connectivity index (χ4n) is 4.03. The number of amides is 1. The van der Waals surface area contributed by atoms with Crippen LogP contribution in [0.25, 0.3) is 0 Å². The lowest BCUT2D eigenvalue weighted by molar-refractivity contribution is -0.137. The largest absolute Gasteiger partial charge is 0.331 e. The maximum Gasteiger partial charge on any atom is 0.245 e. The molecule has 2 aliphatic heterocycles. The standard InChI is InChI=1S/C21H27N5O/c1-15(2)10-19-23-12-17-13-26(14-18(17)24-19)21(27)20(25-8-3-4-9-25)16-6-5-7-22-11-16/h5-7,11-12,15,20H,3-4,8-10,13-14H2,1-2H3/t20-/m1/s1. The number of aromatic nitrogens is 3. The van der Waals surface area contributed by atoms with Crippen molar-refractivity contribution in [3.8, 4) is 0 Å². The molecule has 4 heterocycles. The molecule has 0 spiro atoms. The highest BCUT2D eigenvalue weighted by atomic mass is 16.2. The lowest BCUT2D eigenvalue weighted by Crippen LogP contribution is -2.40. The number of hydrogen-bond acceptors (Lipinski definition) is 5. The Morgan fingerprint density at radius 3 is 2.70 bits per heavy atom. The van der Waals surface area contributed by atoms with Gasteiger partial charge in [-0.1, -0.05) is 19.9 Å². The van der Waals surface area contributed by atoms with Crippen molar-refractivity contribution in [2.75, 3.05) is 13.1 Å². The normalized spacial score (nSPS) is 18.1. The van der Waals surface area contributed by atoms with Gasteiger partial charge in [-0.15, -0.1) is 0 Å². The first-order valence-electron chi connectivity index (χ1n) is 9.88. The van der Waals surface area contributed by atoms with Gasteiger partial charge in [-0.25, -0.2) is 9.97 Å². The van der Waals surface area contributed by atoms with Gasteiger partial charge in [0.15, 0.2) is 0 Å². The van der Waals surface area contributed by atoms with Crippen LogP contribution >= 0.6 is 0 Å². The van der Waals surface area contributed by atoms with Gasteiger partial charge in [0.1, 0.15) is 11.9 Å². The van der Waals surface area contributed by atoms with E-state index in [0.717, 1.165) is 55.0 Å². The van der Waals surface area contributed by atoms with Crippen molar-refractivity contribution in [3.05, 3.63) is 53.4 Å². The summed E-state index contributed by atoms with van der Waals surface area (Å²) >= 11 is 0. The molecule has 0 radical (unpaired) electrons. The third kappa shape index (κ3) is 3.86. The van der Waals surface area contributed by atoms with Crippen molar-refractivity contribution in [2.45, 2.75) is 52.2 Å². The Morgan fingerprint density at radius 2 is 2.00 bits per heavy atom. The minimum Gasteiger partial charge on any atom is -0.331 e. The van der Waals surface area contributed by atoms with E-state index in [2.05, 4.69) is 28.7 Å². The number of pyridine rings is 1. The Balaban J connectivity index is 1.55. The van der Waals surface area contributed by atoms with E-state index in [1.165, 1.54) is 0 Å². The van der Waals surface area contributed by atoms with Gasteiger partial charge in [0.2, 0.25) is 5.91 Å². The molecule has 1 fully saturated rings. The number of fused-ring (bicyclic) bond motifs is 1. The van der Waals surface area contributed by atoms with E-state index in [9.17, 15) is 4.79 Å². The molecule has 1 amide bonds. The third-order valence-corrected chi connectivity index (χ3v) is 5.35. The fourth-order valence-corrected chi connectivity index (χ4v) is 4.03. The predicted molar refractivity (Wildman–Crippen MR) is 103 cm³/mol. The van der Waals surface area contributed by atoms with Crippen LogP contribution in [-0.4, -0.2) is 43.7 Å². The smallest absolute Gasteiger partial charge is 0.245 e. The second kappa shape index (κ2) is 7.72. The van der Waals surface area contributed by atoms with Crippen LogP contribution in [0.3, 0.4) is 0 Å². The van der Waals surface area contributed by atoms with Gasteiger partial charge < -0.3 is 4.90 Å². The average molecular weight is 365 g/mol. The van der Waals surface area contributed by atoms with Gasteiger partial charge in [0.05, 0.1) is 12.2 Å². The van der Waals surface area contributed by atoms with E-state index in [4.69, 9.17) is 4.98 Å². The van der Waals surface area contributed by atoms with E-state index in [1.54, 1.807) is 6.20 Å². The van der Waals surface area contributed by atoms with Gasteiger partial charge in [-0.2, -0.15) is 0 Å². The molecule has 2 aromatic rings. The summed E-state index contributed by atoms with van der Waals surface area (Å²) in [4.78, 5) is 31.2. The fraction of sp³-hybridized carbons (Fsp3) is 0.524. The van der Waals surface area contributed by atoms with Gasteiger partial charge in [0, 0.05) is 37.1 Å². The Bertz CT molecular complexity index is 801. The topological polar surface area (TPSA) is 62.2 Å². The van der Waals surface area contributed by atoms with Crippen molar-refractivity contribution in [1.82, 2.24) is 24.8 Å². The van der Waals surface area contributed by atoms with E-state index in [-0.39, 0.29) is 11.9 Å². The molecule has 6 heteroatoms. The number of carbonyl (C=O) groups is 1. The summed E-state index contributed by atoms with van der Waals surface area (Å²) in [6.07, 6.45) is 8.65. The van der Waals surface area contributed by atoms with Crippen LogP contribution in [-0.2, 0) is 24.3 Å². The highest BCUT2D eigenvalue weighted by molar-refractivity contribution is 5.83. The number of rotatable bonds is 5. The van der Waals surface area contributed by atoms with Crippen LogP contribution in [0, 0.1) is 5.92 Å². The second-order valence-corrected chi connectivity index (χ2v) is 7.98. The van der Waals surface area contributed by atoms with Crippen LogP contribution in [0.4, 0.5) is 0 Å². The van der Waals surface area contributed by atoms with E-state index < -0.39 is 0 Å². The summed E-state index contributed by atoms with van der Waals surface area (Å²) in [6, 6.07) is 3.67. The minimum atomic E-state index is -0.251. The van der Waals surface area contributed by atoms with Crippen LogP contribution < -0.4 is 0 Å². The number of hydrogen-bond donors (Lipinski definition) is 0. The Hall–Kier alpha value is -2.34. The molecule has 27 heavy (non-hydrogen) atoms. The summed E-state index contributed by atoms with van der Waals surface area (Å²) in [7, 11) is 0. The van der Waals surface area contributed by atoms with Crippen molar-refractivity contribution >= 4 is 5.91 Å². The second-order valence-electron chi connectivity index (χ2n) is 7.98. The number of nitrogens with zero attached hydrogens (tertiary/aromatic N) is 5. The summed E-state index contributed by atoms with van der Waals surface area (Å²) < 4.78 is 0. The summed E-state index contributed by atoms with van der Waals surface area (Å²) in [5.74, 6) is 1.54. The summed E-state index contributed by atoms with van der Waals surface area (Å²) in [6.45, 7) is 7.43. The number of likely N-dealkylation sites (tertiary alicyclic amines) is 1. The maximum absolute atomic E-state index is 13.5. The summed E-state index contributed by atoms with van der Waals surface area (Å²) in [5.41, 5.74) is 3.05. The quantitative estimate of drug-likeness (QED) is 0.815. The molecule has 0 aliphatic carbocycles. The maximum atomic E-state index is 13.5. The molecule has 0 N–H and O–H groups in total. The third-order valence-electron chi connectivity index (χ3n) is 5.35. The highest BCUT2D eigenvalue weighted by Crippen LogP contribution is 2.30. The van der Waals surface area contributed by atoms with Crippen molar-refractivity contribution in [2.24, 2.45) is 5.92 Å². The Morgan fingerprint density at radius 1 is 1.19 bits per heavy atom. The molecule has 0 saturated carbocycles. The molecular weight excluding hydrogens is 338 g/mol. The lowest BCUT2D eigenvalue weighted by Gasteiger charge is -2.30. The van der Waals surface area contributed by atoms with Gasteiger partial charge in [-0.3, -0.25) is 14.7 Å². The average Bonchev–Trinajstić information content (AvgIpc) is 3.31. The zero-order valence-corrected chi connectivity index (χ0v) is 16.1. The Kier molecular flexibility index (Phi) is 5.16. The van der Waals surface area contributed by atoms with Crippen LogP contribution in [0.15, 0.2) is 30.7 Å². The van der Waals surface area contributed by atoms with Gasteiger partial charge in [-0.05, 0) is 43.5 Å². The summed E-state index contributed by atoms with van der Waals surface area (Å²) in [5, 5.41) is 0. The lowest BCUT2D eigenvalue weighted by atomic mass is 10.1. The van der Waals surface area contributed by atoms with E-state index in [1.807, 2.05) is 29.4 Å². The first-order valence-corrected chi connectivity index (χ1v) is 9.88. The molecule has 2 aromatic heterocycles. The van der Waals surface area contributed by atoms with Crippen molar-refractivity contribution in [3.63, 3.8) is 0 Å². The van der Waals surface area contributed by atoms with Crippen molar-refractivity contribution in [1.29, 1.82) is 0 Å². The molecule has 0 bridgehead atoms. The monoisotopic (exact) mass is 365 g/mol. The molecule has 6 nitrogen and oxygen atoms in total. The zero-order valence-electron chi connectivity index (χ0n) is 16.1. The molecule has 4 rings (SSSR count). The predicted octanol–water partition coefficient (Wildman–Crippen LogP) is 2.75. The Labute approximate surface area is 160 Å². The van der Waals surface area contributed by atoms with E-state index in [0.29, 0.717) is 19.0 Å². The van der Waals surface area contributed by atoms with Crippen LogP contribution in [0.5, 0.6) is 0 Å². The first-order chi connectivity index (χ1) is 13.1. The van der Waals surface area contributed by atoms with Crippen LogP contribution in [0.2, 0.25) is 0 Å². The molecule has 142 valence electrons. The SMILES string of the molecule is CC(C)Cc1ncc2c(n1)CN(C(=O)[C@@H](c1cccnc1)N1CCCC1)C2. The number of carbonyl (C=O) groups excluding carboxylic acids is 1. The highest BCUT2D eigenvalue weighted by Gasteiger charge is 2.35. The molecule has 2 aliphatic rings. The minimum absolute atomic E-state index is 0.147.